The molecule has 0 aliphatic carbocycles. The molecule has 32 valence electrons. The summed E-state index contributed by atoms with van der Waals surface area (Å²) < 4.78 is 4.51. The summed E-state index contributed by atoms with van der Waals surface area (Å²) in [7, 11) is 0. The fourth-order valence-electron chi connectivity index (χ4n) is 0. The maximum absolute atomic E-state index is 4.51. The molecule has 0 aliphatic rings. The molecule has 0 unspecified atom stereocenters. The van der Waals surface area contributed by atoms with E-state index in [4.69, 9.17) is 0 Å². The molecule has 0 saturated heterocycles. The van der Waals surface area contributed by atoms with E-state index in [1.165, 1.54) is 20.1 Å². The SMILES string of the molecule is [Co].[NH2][Mo].[Ni]. The van der Waals surface area contributed by atoms with Gasteiger partial charge in [-0.05, 0) is 0 Å². The second-order valence-electron chi connectivity index (χ2n) is 0. The van der Waals surface area contributed by atoms with Gasteiger partial charge in [0.25, 0.3) is 0 Å². The van der Waals surface area contributed by atoms with Gasteiger partial charge < -0.3 is 0 Å². The van der Waals surface area contributed by atoms with Crippen molar-refractivity contribution >= 4 is 0 Å². The summed E-state index contributed by atoms with van der Waals surface area (Å²) in [5.74, 6) is 0. The van der Waals surface area contributed by atoms with E-state index in [1.54, 1.807) is 0 Å². The molecule has 0 aromatic carbocycles. The summed E-state index contributed by atoms with van der Waals surface area (Å²) in [4.78, 5) is 0. The third kappa shape index (κ3) is 9.42. The Morgan fingerprint density at radius 3 is 1.25 bits per heavy atom. The summed E-state index contributed by atoms with van der Waals surface area (Å²) in [5, 5.41) is 0. The minimum atomic E-state index is 0. The van der Waals surface area contributed by atoms with E-state index in [9.17, 15) is 0 Å². The molecule has 1 radical (unpaired) electrons. The van der Waals surface area contributed by atoms with Crippen LogP contribution in [0.5, 0.6) is 0 Å². The van der Waals surface area contributed by atoms with Crippen LogP contribution in [0.15, 0.2) is 0 Å². The molecule has 0 bridgehead atoms. The molecular formula is H2CoMoNNi. The molecule has 4 heteroatoms. The predicted molar refractivity (Wildman–Crippen MR) is 4.19 cm³/mol. The largest absolute Gasteiger partial charge is 0 e. The first-order valence-electron chi connectivity index (χ1n) is 0.236. The van der Waals surface area contributed by atoms with Gasteiger partial charge in [-0.25, -0.2) is 0 Å². The van der Waals surface area contributed by atoms with Gasteiger partial charge in [0.1, 0.15) is 0 Å². The Hall–Kier alpha value is 1.65. The van der Waals surface area contributed by atoms with Crippen molar-refractivity contribution in [3.63, 3.8) is 0 Å². The molecule has 0 aromatic rings. The van der Waals surface area contributed by atoms with Crippen LogP contribution in [0.4, 0.5) is 0 Å². The van der Waals surface area contributed by atoms with Crippen LogP contribution in [0.3, 0.4) is 0 Å². The Balaban J connectivity index is -0.00000000500. The standard InChI is InChI=1S/Co.Mo.H2N.Ni/h;;1H2;/q;+1;-1;. The van der Waals surface area contributed by atoms with Gasteiger partial charge in [-0.3, -0.25) is 0 Å². The van der Waals surface area contributed by atoms with Gasteiger partial charge in [-0.1, -0.05) is 0 Å². The molecule has 0 rings (SSSR count). The van der Waals surface area contributed by atoms with Crippen LogP contribution in [-0.2, 0) is 53.3 Å². The average Bonchev–Trinajstić information content (AvgIpc) is 1.00. The molecule has 0 spiro atoms. The molecule has 0 aromatic heterocycles. The molecular weight excluding hydrogens is 228 g/mol. The summed E-state index contributed by atoms with van der Waals surface area (Å²) in [5.41, 5.74) is 0. The van der Waals surface area contributed by atoms with E-state index in [1.807, 2.05) is 0 Å². The third-order valence-electron chi connectivity index (χ3n) is 0. The Morgan fingerprint density at radius 1 is 1.25 bits per heavy atom. The van der Waals surface area contributed by atoms with Gasteiger partial charge in [0.2, 0.25) is 0 Å². The van der Waals surface area contributed by atoms with Crippen molar-refractivity contribution < 1.29 is 53.3 Å². The summed E-state index contributed by atoms with van der Waals surface area (Å²) in [6, 6.07) is 0. The van der Waals surface area contributed by atoms with E-state index in [0.29, 0.717) is 0 Å². The quantitative estimate of drug-likeness (QED) is 0.552. The van der Waals surface area contributed by atoms with Crippen LogP contribution in [-0.4, -0.2) is 0 Å². The first-order valence-corrected chi connectivity index (χ1v) is 1.39. The second-order valence-corrected chi connectivity index (χ2v) is 0. The van der Waals surface area contributed by atoms with Crippen molar-refractivity contribution in [3.8, 4) is 0 Å². The molecule has 4 heavy (non-hydrogen) atoms. The molecule has 0 atom stereocenters. The molecule has 2 N–H and O–H groups in total. The number of hydrogen-bond donors (Lipinski definition) is 1. The van der Waals surface area contributed by atoms with Crippen LogP contribution >= 0.6 is 0 Å². The maximum atomic E-state index is 4.51. The Morgan fingerprint density at radius 2 is 1.25 bits per heavy atom. The number of nitrogens with two attached hydrogens (primary N) is 1. The normalized spacial score (nSPS) is 1.25. The summed E-state index contributed by atoms with van der Waals surface area (Å²) in [6.07, 6.45) is 0. The molecule has 0 amide bonds. The Kier molecular flexibility index (Phi) is 99.1. The van der Waals surface area contributed by atoms with Crippen molar-refractivity contribution in [2.24, 2.45) is 4.29 Å². The minimum Gasteiger partial charge on any atom is 0 e. The Labute approximate surface area is 57.4 Å². The molecule has 0 saturated carbocycles. The van der Waals surface area contributed by atoms with Crippen molar-refractivity contribution in [1.29, 1.82) is 0 Å². The summed E-state index contributed by atoms with van der Waals surface area (Å²) >= 11 is 1.45. The number of hydrogen-bond acceptors (Lipinski definition) is 1. The van der Waals surface area contributed by atoms with Crippen LogP contribution in [0.2, 0.25) is 0 Å². The predicted octanol–water partition coefficient (Wildman–Crippen LogP) is -0.598. The smallest absolute Gasteiger partial charge is 0 e. The number of rotatable bonds is 0. The third-order valence-corrected chi connectivity index (χ3v) is 0. The molecule has 0 fully saturated rings. The topological polar surface area (TPSA) is 26.0 Å². The van der Waals surface area contributed by atoms with E-state index < -0.39 is 0 Å². The van der Waals surface area contributed by atoms with Crippen LogP contribution in [0.25, 0.3) is 0 Å². The van der Waals surface area contributed by atoms with Crippen LogP contribution < -0.4 is 4.29 Å². The zero-order chi connectivity index (χ0) is 2.00. The monoisotopic (exact) mass is 231 g/mol. The first-order chi connectivity index (χ1) is 1.00. The second kappa shape index (κ2) is 22.8. The summed E-state index contributed by atoms with van der Waals surface area (Å²) in [6.45, 7) is 0. The van der Waals surface area contributed by atoms with Gasteiger partial charge >= 0.3 is 24.4 Å². The molecule has 0 aliphatic heterocycles. The van der Waals surface area contributed by atoms with Crippen molar-refractivity contribution in [3.05, 3.63) is 0 Å². The zero-order valence-corrected chi connectivity index (χ0v) is 5.67. The maximum Gasteiger partial charge on any atom is 0 e. The van der Waals surface area contributed by atoms with Crippen LogP contribution in [0.1, 0.15) is 0 Å². The van der Waals surface area contributed by atoms with E-state index >= 15 is 0 Å². The minimum absolute atomic E-state index is 0. The van der Waals surface area contributed by atoms with E-state index in [-0.39, 0.29) is 33.3 Å². The molecule has 1 nitrogen and oxygen atoms in total. The van der Waals surface area contributed by atoms with Crippen molar-refractivity contribution in [2.75, 3.05) is 0 Å². The van der Waals surface area contributed by atoms with Gasteiger partial charge in [-0.15, -0.1) is 0 Å². The van der Waals surface area contributed by atoms with Gasteiger partial charge in [-0.2, -0.15) is 0 Å². The van der Waals surface area contributed by atoms with Crippen molar-refractivity contribution in [2.45, 2.75) is 0 Å². The van der Waals surface area contributed by atoms with E-state index in [0.717, 1.165) is 0 Å². The fourth-order valence-corrected chi connectivity index (χ4v) is 0. The first kappa shape index (κ1) is 17.4. The van der Waals surface area contributed by atoms with Gasteiger partial charge in [0.15, 0.2) is 0 Å². The molecule has 0 heterocycles. The Bertz CT molecular complexity index is 8.00. The van der Waals surface area contributed by atoms with Gasteiger partial charge in [0.05, 0.1) is 0 Å². The van der Waals surface area contributed by atoms with E-state index in [2.05, 4.69) is 4.29 Å². The average molecular weight is 230 g/mol. The van der Waals surface area contributed by atoms with Gasteiger partial charge in [0, 0.05) is 33.3 Å². The van der Waals surface area contributed by atoms with Crippen LogP contribution in [0, 0.1) is 0 Å². The van der Waals surface area contributed by atoms with Crippen molar-refractivity contribution in [1.82, 2.24) is 0 Å². The zero-order valence-electron chi connectivity index (χ0n) is 1.64. The fraction of sp³-hybridized carbons (Fsp3) is 0.